The normalized spacial score (nSPS) is 16.4. The molecule has 0 aliphatic carbocycles. The van der Waals surface area contributed by atoms with Crippen molar-refractivity contribution in [2.45, 2.75) is 45.2 Å². The molecule has 1 saturated heterocycles. The number of aryl methyl sites for hydroxylation is 1. The molecular weight excluding hydrogens is 618 g/mol. The van der Waals surface area contributed by atoms with Crippen molar-refractivity contribution in [2.75, 3.05) is 29.6 Å². The first-order valence-electron chi connectivity index (χ1n) is 13.8. The molecule has 2 atom stereocenters. The fourth-order valence-corrected chi connectivity index (χ4v) is 6.07. The summed E-state index contributed by atoms with van der Waals surface area (Å²) in [5.74, 6) is -0.645. The van der Waals surface area contributed by atoms with Gasteiger partial charge in [-0.05, 0) is 56.5 Å². The van der Waals surface area contributed by atoms with E-state index in [2.05, 4.69) is 15.4 Å². The molecule has 0 saturated carbocycles. The number of nitrogens with one attached hydrogen (secondary N) is 2. The maximum absolute atomic E-state index is 13.7. The standard InChI is InChI=1S/C28H31ClF2N8O4S/c1-15-12-18(16(2)32-21-7-8-22(29)33-24(21)25(40)36-44(4,42)43)23-19(13-15)26(41)37(3)28(34-23)38-10-5-6-17(14-38)20-9-11-39(35-20)27(30)31/h7-9,11-13,16-17,27,32H,5-6,10,14H2,1-4H3,(H,36,40)/t16-,17+/m1/s1. The second kappa shape index (κ2) is 12.1. The lowest BCUT2D eigenvalue weighted by molar-refractivity contribution is 0.0559. The van der Waals surface area contributed by atoms with Crippen molar-refractivity contribution < 1.29 is 22.0 Å². The Kier molecular flexibility index (Phi) is 8.62. The molecule has 0 spiro atoms. The van der Waals surface area contributed by atoms with Gasteiger partial charge >= 0.3 is 6.55 Å². The molecule has 1 aliphatic heterocycles. The minimum absolute atomic E-state index is 0.00141. The Hall–Kier alpha value is -4.11. The Bertz CT molecular complexity index is 1910. The summed E-state index contributed by atoms with van der Waals surface area (Å²) in [6, 6.07) is 7.69. The van der Waals surface area contributed by atoms with Gasteiger partial charge in [0.25, 0.3) is 11.5 Å². The molecule has 1 amide bonds. The number of carbonyl (C=O) groups is 1. The van der Waals surface area contributed by atoms with Crippen molar-refractivity contribution in [2.24, 2.45) is 7.05 Å². The smallest absolute Gasteiger partial charge is 0.333 e. The van der Waals surface area contributed by atoms with E-state index in [0.717, 1.165) is 24.7 Å². The van der Waals surface area contributed by atoms with Gasteiger partial charge in [-0.1, -0.05) is 17.7 Å². The Balaban J connectivity index is 1.52. The number of nitrogens with zero attached hydrogens (tertiary/aromatic N) is 6. The number of pyridine rings is 1. The van der Waals surface area contributed by atoms with Gasteiger partial charge in [0, 0.05) is 37.8 Å². The number of sulfonamides is 1. The molecule has 16 heteroatoms. The molecule has 1 aliphatic rings. The van der Waals surface area contributed by atoms with E-state index in [0.29, 0.717) is 45.9 Å². The van der Waals surface area contributed by atoms with Gasteiger partial charge in [0.05, 0.1) is 34.6 Å². The molecule has 4 heterocycles. The van der Waals surface area contributed by atoms with Crippen LogP contribution in [0.4, 0.5) is 20.4 Å². The number of carbonyl (C=O) groups excluding carboxylic acids is 1. The largest absolute Gasteiger partial charge is 0.377 e. The van der Waals surface area contributed by atoms with E-state index in [4.69, 9.17) is 16.6 Å². The number of halogens is 3. The van der Waals surface area contributed by atoms with Crippen LogP contribution in [-0.2, 0) is 17.1 Å². The van der Waals surface area contributed by atoms with E-state index < -0.39 is 28.5 Å². The van der Waals surface area contributed by atoms with Crippen LogP contribution in [0, 0.1) is 6.92 Å². The van der Waals surface area contributed by atoms with E-state index in [9.17, 15) is 26.8 Å². The first-order chi connectivity index (χ1) is 20.7. The van der Waals surface area contributed by atoms with Gasteiger partial charge in [-0.3, -0.25) is 14.2 Å². The second-order valence-electron chi connectivity index (χ2n) is 10.9. The number of piperidine rings is 1. The summed E-state index contributed by atoms with van der Waals surface area (Å²) in [4.78, 5) is 37.3. The highest BCUT2D eigenvalue weighted by Gasteiger charge is 2.28. The zero-order valence-electron chi connectivity index (χ0n) is 24.4. The molecule has 5 rings (SSSR count). The van der Waals surface area contributed by atoms with Crippen LogP contribution in [0.25, 0.3) is 10.9 Å². The van der Waals surface area contributed by atoms with Crippen molar-refractivity contribution in [3.63, 3.8) is 0 Å². The molecule has 1 fully saturated rings. The lowest BCUT2D eigenvalue weighted by Crippen LogP contribution is -2.39. The number of fused-ring (bicyclic) bond motifs is 1. The Morgan fingerprint density at radius 2 is 1.93 bits per heavy atom. The number of hydrogen-bond acceptors (Lipinski definition) is 9. The van der Waals surface area contributed by atoms with Crippen LogP contribution in [0.1, 0.15) is 65.6 Å². The van der Waals surface area contributed by atoms with E-state index in [1.165, 1.54) is 22.9 Å². The zero-order chi connectivity index (χ0) is 31.9. The molecular formula is C28H31ClF2N8O4S. The number of alkyl halides is 2. The van der Waals surface area contributed by atoms with Crippen molar-refractivity contribution in [1.82, 2.24) is 29.0 Å². The van der Waals surface area contributed by atoms with Gasteiger partial charge in [0.1, 0.15) is 5.15 Å². The highest BCUT2D eigenvalue weighted by Crippen LogP contribution is 2.32. The van der Waals surface area contributed by atoms with Gasteiger partial charge in [-0.25, -0.2) is 27.8 Å². The predicted molar refractivity (Wildman–Crippen MR) is 163 cm³/mol. The van der Waals surface area contributed by atoms with E-state index in [1.807, 2.05) is 29.5 Å². The third-order valence-corrected chi connectivity index (χ3v) is 8.24. The second-order valence-corrected chi connectivity index (χ2v) is 13.0. The molecule has 1 aromatic carbocycles. The van der Waals surface area contributed by atoms with Crippen LogP contribution in [0.15, 0.2) is 41.3 Å². The van der Waals surface area contributed by atoms with E-state index in [1.54, 1.807) is 19.2 Å². The topological polar surface area (TPSA) is 144 Å². The van der Waals surface area contributed by atoms with Gasteiger partial charge in [0.2, 0.25) is 16.0 Å². The van der Waals surface area contributed by atoms with Gasteiger partial charge < -0.3 is 10.2 Å². The number of anilines is 2. The van der Waals surface area contributed by atoms with Crippen molar-refractivity contribution in [3.05, 3.63) is 74.6 Å². The van der Waals surface area contributed by atoms with Crippen LogP contribution in [0.5, 0.6) is 0 Å². The van der Waals surface area contributed by atoms with E-state index in [-0.39, 0.29) is 28.0 Å². The molecule has 4 aromatic rings. The van der Waals surface area contributed by atoms with Gasteiger partial charge in [-0.2, -0.15) is 13.9 Å². The lowest BCUT2D eigenvalue weighted by atomic mass is 9.95. The third kappa shape index (κ3) is 6.53. The Morgan fingerprint density at radius 1 is 1.18 bits per heavy atom. The van der Waals surface area contributed by atoms with Crippen LogP contribution in [0.2, 0.25) is 5.15 Å². The van der Waals surface area contributed by atoms with Crippen molar-refractivity contribution in [1.29, 1.82) is 0 Å². The first-order valence-corrected chi connectivity index (χ1v) is 16.0. The number of hydrogen-bond donors (Lipinski definition) is 2. The van der Waals surface area contributed by atoms with Gasteiger partial charge in [0.15, 0.2) is 5.69 Å². The summed E-state index contributed by atoms with van der Waals surface area (Å²) in [5, 5.41) is 7.65. The molecule has 0 radical (unpaired) electrons. The predicted octanol–water partition coefficient (Wildman–Crippen LogP) is 4.13. The monoisotopic (exact) mass is 648 g/mol. The van der Waals surface area contributed by atoms with Crippen LogP contribution >= 0.6 is 11.6 Å². The van der Waals surface area contributed by atoms with Crippen molar-refractivity contribution in [3.8, 4) is 0 Å². The highest BCUT2D eigenvalue weighted by atomic mass is 35.5. The quantitative estimate of drug-likeness (QED) is 0.270. The maximum Gasteiger partial charge on any atom is 0.333 e. The summed E-state index contributed by atoms with van der Waals surface area (Å²) in [7, 11) is -2.22. The summed E-state index contributed by atoms with van der Waals surface area (Å²) in [6.45, 7) is 2.00. The highest BCUT2D eigenvalue weighted by molar-refractivity contribution is 7.89. The van der Waals surface area contributed by atoms with Crippen molar-refractivity contribution >= 4 is 50.1 Å². The summed E-state index contributed by atoms with van der Waals surface area (Å²) >= 11 is 6.01. The number of rotatable bonds is 8. The molecule has 3 aromatic heterocycles. The maximum atomic E-state index is 13.7. The summed E-state index contributed by atoms with van der Waals surface area (Å²) in [6.07, 6.45) is 3.63. The fraction of sp³-hybridized carbons (Fsp3) is 0.393. The fourth-order valence-electron chi connectivity index (χ4n) is 5.49. The van der Waals surface area contributed by atoms with Crippen LogP contribution in [0.3, 0.4) is 0 Å². The van der Waals surface area contributed by atoms with E-state index >= 15 is 0 Å². The molecule has 2 N–H and O–H groups in total. The SMILES string of the molecule is Cc1cc([C@@H](C)Nc2ccc(Cl)nc2C(=O)NS(C)(=O)=O)c2nc(N3CCC[C@H](c4ccn(C(F)F)n4)C3)n(C)c(=O)c2c1. The number of benzene rings is 1. The zero-order valence-corrected chi connectivity index (χ0v) is 26.0. The number of amides is 1. The lowest BCUT2D eigenvalue weighted by Gasteiger charge is -2.33. The average molecular weight is 649 g/mol. The third-order valence-electron chi connectivity index (χ3n) is 7.47. The van der Waals surface area contributed by atoms with Crippen LogP contribution in [-0.4, -0.2) is 58.0 Å². The molecule has 0 bridgehead atoms. The minimum atomic E-state index is -3.87. The Labute approximate surface area is 257 Å². The minimum Gasteiger partial charge on any atom is -0.377 e. The molecule has 12 nitrogen and oxygen atoms in total. The summed E-state index contributed by atoms with van der Waals surface area (Å²) < 4.78 is 53.7. The molecule has 234 valence electrons. The van der Waals surface area contributed by atoms with Crippen LogP contribution < -0.4 is 20.5 Å². The Morgan fingerprint density at radius 3 is 2.61 bits per heavy atom. The van der Waals surface area contributed by atoms with Gasteiger partial charge in [-0.15, -0.1) is 0 Å². The molecule has 0 unspecified atom stereocenters. The number of aromatic nitrogens is 5. The molecule has 44 heavy (non-hydrogen) atoms. The average Bonchev–Trinajstić information content (AvgIpc) is 3.46. The first kappa shape index (κ1) is 31.3. The summed E-state index contributed by atoms with van der Waals surface area (Å²) in [5.41, 5.74) is 2.22.